The van der Waals surface area contributed by atoms with Gasteiger partial charge in [0.05, 0.1) is 10.6 Å². The van der Waals surface area contributed by atoms with Crippen molar-refractivity contribution in [2.45, 2.75) is 12.8 Å². The number of nitrogens with two attached hydrogens (primary N) is 1. The topological polar surface area (TPSA) is 55.1 Å². The van der Waals surface area contributed by atoms with Gasteiger partial charge in [0.1, 0.15) is 0 Å². The fourth-order valence-corrected chi connectivity index (χ4v) is 1.61. The molecule has 3 nitrogen and oxygen atoms in total. The zero-order valence-electron chi connectivity index (χ0n) is 9.21. The first kappa shape index (κ1) is 16.5. The van der Waals surface area contributed by atoms with Crippen LogP contribution in [0.25, 0.3) is 0 Å². The quantitative estimate of drug-likeness (QED) is 0.821. The van der Waals surface area contributed by atoms with E-state index in [1.807, 2.05) is 0 Å². The summed E-state index contributed by atoms with van der Waals surface area (Å²) in [5, 5.41) is 3.66. The zero-order valence-corrected chi connectivity index (χ0v) is 11.5. The maximum absolute atomic E-state index is 11.7. The van der Waals surface area contributed by atoms with Crippen LogP contribution >= 0.6 is 35.6 Å². The van der Waals surface area contributed by atoms with Gasteiger partial charge >= 0.3 is 0 Å². The lowest BCUT2D eigenvalue weighted by Gasteiger charge is -2.06. The predicted molar refractivity (Wildman–Crippen MR) is 74.3 cm³/mol. The molecule has 0 aromatic heterocycles. The van der Waals surface area contributed by atoms with Crippen molar-refractivity contribution in [3.63, 3.8) is 0 Å². The molecule has 0 saturated heterocycles. The van der Waals surface area contributed by atoms with Crippen molar-refractivity contribution >= 4 is 41.5 Å². The number of nitrogens with one attached hydrogen (secondary N) is 1. The van der Waals surface area contributed by atoms with Crippen molar-refractivity contribution in [2.24, 2.45) is 5.73 Å². The van der Waals surface area contributed by atoms with Crippen molar-refractivity contribution in [3.8, 4) is 0 Å². The van der Waals surface area contributed by atoms with E-state index < -0.39 is 0 Å². The zero-order chi connectivity index (χ0) is 12.0. The summed E-state index contributed by atoms with van der Waals surface area (Å²) in [7, 11) is 0. The van der Waals surface area contributed by atoms with E-state index in [0.717, 1.165) is 12.8 Å². The maximum atomic E-state index is 11.7. The second-order valence-electron chi connectivity index (χ2n) is 3.38. The molecular formula is C11H15Cl3N2O. The molecule has 0 atom stereocenters. The second-order valence-corrected chi connectivity index (χ2v) is 4.22. The van der Waals surface area contributed by atoms with E-state index in [1.54, 1.807) is 18.2 Å². The maximum Gasteiger partial charge on any atom is 0.252 e. The van der Waals surface area contributed by atoms with E-state index in [9.17, 15) is 4.79 Å². The van der Waals surface area contributed by atoms with E-state index in [0.29, 0.717) is 28.7 Å². The Morgan fingerprint density at radius 2 is 2.00 bits per heavy atom. The number of benzene rings is 1. The van der Waals surface area contributed by atoms with Crippen LogP contribution in [0.1, 0.15) is 23.2 Å². The van der Waals surface area contributed by atoms with Gasteiger partial charge in [-0.3, -0.25) is 4.79 Å². The average Bonchev–Trinajstić information content (AvgIpc) is 2.27. The van der Waals surface area contributed by atoms with Crippen LogP contribution in [0.3, 0.4) is 0 Å². The summed E-state index contributed by atoms with van der Waals surface area (Å²) in [5.41, 5.74) is 5.75. The van der Waals surface area contributed by atoms with Crippen LogP contribution in [0, 0.1) is 0 Å². The second kappa shape index (κ2) is 8.59. The van der Waals surface area contributed by atoms with Crippen LogP contribution in [-0.4, -0.2) is 19.0 Å². The summed E-state index contributed by atoms with van der Waals surface area (Å²) in [4.78, 5) is 11.7. The summed E-state index contributed by atoms with van der Waals surface area (Å²) in [6.07, 6.45) is 1.75. The van der Waals surface area contributed by atoms with E-state index in [1.165, 1.54) is 0 Å². The minimum Gasteiger partial charge on any atom is -0.352 e. The molecular weight excluding hydrogens is 282 g/mol. The molecule has 0 radical (unpaired) electrons. The number of rotatable bonds is 5. The highest BCUT2D eigenvalue weighted by molar-refractivity contribution is 6.35. The number of hydrogen-bond acceptors (Lipinski definition) is 2. The highest BCUT2D eigenvalue weighted by Gasteiger charge is 2.09. The molecule has 0 saturated carbocycles. The molecule has 0 aliphatic carbocycles. The van der Waals surface area contributed by atoms with E-state index >= 15 is 0 Å². The van der Waals surface area contributed by atoms with Crippen molar-refractivity contribution in [2.75, 3.05) is 13.1 Å². The molecule has 0 unspecified atom stereocenters. The van der Waals surface area contributed by atoms with Gasteiger partial charge in [-0.2, -0.15) is 0 Å². The summed E-state index contributed by atoms with van der Waals surface area (Å²) < 4.78 is 0. The average molecular weight is 298 g/mol. The van der Waals surface area contributed by atoms with Gasteiger partial charge in [-0.05, 0) is 37.6 Å². The van der Waals surface area contributed by atoms with Gasteiger partial charge < -0.3 is 11.1 Å². The Morgan fingerprint density at radius 1 is 1.29 bits per heavy atom. The molecule has 0 heterocycles. The Hall–Kier alpha value is -0.480. The largest absolute Gasteiger partial charge is 0.352 e. The third kappa shape index (κ3) is 5.59. The molecule has 0 bridgehead atoms. The first-order valence-corrected chi connectivity index (χ1v) is 5.84. The Bertz CT molecular complexity index is 372. The number of hydrogen-bond donors (Lipinski definition) is 2. The first-order valence-electron chi connectivity index (χ1n) is 5.08. The summed E-state index contributed by atoms with van der Waals surface area (Å²) >= 11 is 11.7. The lowest BCUT2D eigenvalue weighted by molar-refractivity contribution is 0.0953. The van der Waals surface area contributed by atoms with Crippen LogP contribution in [0.4, 0.5) is 0 Å². The van der Waals surface area contributed by atoms with Crippen molar-refractivity contribution < 1.29 is 4.79 Å². The Morgan fingerprint density at radius 3 is 2.65 bits per heavy atom. The Kier molecular flexibility index (Phi) is 8.35. The van der Waals surface area contributed by atoms with Gasteiger partial charge in [-0.1, -0.05) is 23.2 Å². The van der Waals surface area contributed by atoms with Gasteiger partial charge in [0.2, 0.25) is 0 Å². The standard InChI is InChI=1S/C11H14Cl2N2O.ClH/c12-8-3-4-10(13)9(7-8)11(16)15-6-2-1-5-14;/h3-4,7H,1-2,5-6,14H2,(H,15,16);1H. The van der Waals surface area contributed by atoms with E-state index in [4.69, 9.17) is 28.9 Å². The Labute approximate surface area is 117 Å². The molecule has 6 heteroatoms. The molecule has 1 aromatic carbocycles. The number of amides is 1. The van der Waals surface area contributed by atoms with Crippen molar-refractivity contribution in [1.29, 1.82) is 0 Å². The third-order valence-corrected chi connectivity index (χ3v) is 2.65. The Balaban J connectivity index is 0.00000256. The SMILES string of the molecule is Cl.NCCCCNC(=O)c1cc(Cl)ccc1Cl. The minimum absolute atomic E-state index is 0. The molecule has 0 aliphatic heterocycles. The number of halogens is 3. The smallest absolute Gasteiger partial charge is 0.252 e. The van der Waals surface area contributed by atoms with Crippen molar-refractivity contribution in [3.05, 3.63) is 33.8 Å². The van der Waals surface area contributed by atoms with Crippen LogP contribution in [0.15, 0.2) is 18.2 Å². The normalized spacial score (nSPS) is 9.59. The summed E-state index contributed by atoms with van der Waals surface area (Å²) in [6.45, 7) is 1.23. The molecule has 96 valence electrons. The molecule has 0 spiro atoms. The van der Waals surface area contributed by atoms with E-state index in [-0.39, 0.29) is 18.3 Å². The fourth-order valence-electron chi connectivity index (χ4n) is 1.24. The lowest BCUT2D eigenvalue weighted by atomic mass is 10.2. The third-order valence-electron chi connectivity index (χ3n) is 2.09. The number of carbonyl (C=O) groups is 1. The van der Waals surface area contributed by atoms with Gasteiger partial charge in [-0.15, -0.1) is 12.4 Å². The van der Waals surface area contributed by atoms with Gasteiger partial charge in [0, 0.05) is 11.6 Å². The summed E-state index contributed by atoms with van der Waals surface area (Å²) in [5.74, 6) is -0.204. The minimum atomic E-state index is -0.204. The number of unbranched alkanes of at least 4 members (excludes halogenated alkanes) is 1. The fraction of sp³-hybridized carbons (Fsp3) is 0.364. The van der Waals surface area contributed by atoms with Gasteiger partial charge in [0.15, 0.2) is 0 Å². The van der Waals surface area contributed by atoms with Crippen LogP contribution < -0.4 is 11.1 Å². The number of carbonyl (C=O) groups excluding carboxylic acids is 1. The van der Waals surface area contributed by atoms with Gasteiger partial charge in [-0.25, -0.2) is 0 Å². The monoisotopic (exact) mass is 296 g/mol. The highest BCUT2D eigenvalue weighted by atomic mass is 35.5. The molecule has 0 aliphatic rings. The molecule has 1 amide bonds. The van der Waals surface area contributed by atoms with Crippen molar-refractivity contribution in [1.82, 2.24) is 5.32 Å². The molecule has 1 rings (SSSR count). The predicted octanol–water partition coefficient (Wildman–Crippen LogP) is 2.88. The lowest BCUT2D eigenvalue weighted by Crippen LogP contribution is -2.25. The highest BCUT2D eigenvalue weighted by Crippen LogP contribution is 2.20. The van der Waals surface area contributed by atoms with Crippen LogP contribution in [0.5, 0.6) is 0 Å². The first-order chi connectivity index (χ1) is 7.65. The van der Waals surface area contributed by atoms with E-state index in [2.05, 4.69) is 5.32 Å². The molecule has 17 heavy (non-hydrogen) atoms. The summed E-state index contributed by atoms with van der Waals surface area (Å²) in [6, 6.07) is 4.82. The molecule has 0 fully saturated rings. The van der Waals surface area contributed by atoms with Crippen LogP contribution in [-0.2, 0) is 0 Å². The molecule has 1 aromatic rings. The molecule has 3 N–H and O–H groups in total. The van der Waals surface area contributed by atoms with Crippen LogP contribution in [0.2, 0.25) is 10.0 Å². The van der Waals surface area contributed by atoms with Gasteiger partial charge in [0.25, 0.3) is 5.91 Å².